The molecule has 4 aromatic rings. The third-order valence-electron chi connectivity index (χ3n) is 8.45. The van der Waals surface area contributed by atoms with Crippen LogP contribution in [0.15, 0.2) is 84.9 Å². The molecule has 242 valence electrons. The van der Waals surface area contributed by atoms with Gasteiger partial charge in [-0.1, -0.05) is 72.8 Å². The largest absolute Gasteiger partial charge is 0.457 e. The molecule has 4 heteroatoms. The lowest BCUT2D eigenvalue weighted by atomic mass is 9.63. The third kappa shape index (κ3) is 6.74. The Kier molecular flexibility index (Phi) is 8.94. The van der Waals surface area contributed by atoms with E-state index in [2.05, 4.69) is 100 Å². The summed E-state index contributed by atoms with van der Waals surface area (Å²) in [5.41, 5.74) is 12.1. The molecular weight excluding hydrogens is 580 g/mol. The van der Waals surface area contributed by atoms with Crippen LogP contribution in [0.4, 0.5) is 0 Å². The fourth-order valence-electron chi connectivity index (χ4n) is 7.27. The van der Waals surface area contributed by atoms with Gasteiger partial charge in [0.15, 0.2) is 0 Å². The van der Waals surface area contributed by atoms with Gasteiger partial charge in [-0.05, 0) is 148 Å². The van der Waals surface area contributed by atoms with E-state index in [1.807, 2.05) is 53.7 Å². The molecular formula is C43H46O4. The second kappa shape index (κ2) is 12.5. The highest BCUT2D eigenvalue weighted by Crippen LogP contribution is 2.58. The van der Waals surface area contributed by atoms with Crippen LogP contribution < -0.4 is 0 Å². The maximum atomic E-state index is 12.5. The van der Waals surface area contributed by atoms with Gasteiger partial charge in [0.2, 0.25) is 0 Å². The van der Waals surface area contributed by atoms with Crippen LogP contribution >= 0.6 is 0 Å². The van der Waals surface area contributed by atoms with Gasteiger partial charge < -0.3 is 9.47 Å². The Labute approximate surface area is 280 Å². The average Bonchev–Trinajstić information content (AvgIpc) is 3.23. The lowest BCUT2D eigenvalue weighted by molar-refractivity contribution is -0.149. The Hall–Kier alpha value is -4.70. The fourth-order valence-corrected chi connectivity index (χ4v) is 7.27. The van der Waals surface area contributed by atoms with Gasteiger partial charge in [0, 0.05) is 12.2 Å². The summed E-state index contributed by atoms with van der Waals surface area (Å²) in [5, 5.41) is 0. The first kappa shape index (κ1) is 33.7. The van der Waals surface area contributed by atoms with Gasteiger partial charge in [0.1, 0.15) is 11.2 Å². The van der Waals surface area contributed by atoms with E-state index < -0.39 is 16.6 Å². The van der Waals surface area contributed by atoms with E-state index in [-0.39, 0.29) is 11.9 Å². The van der Waals surface area contributed by atoms with Crippen LogP contribution in [-0.4, -0.2) is 23.1 Å². The molecule has 0 heterocycles. The van der Waals surface area contributed by atoms with E-state index in [1.54, 1.807) is 0 Å². The van der Waals surface area contributed by atoms with Gasteiger partial charge in [-0.2, -0.15) is 0 Å². The van der Waals surface area contributed by atoms with Gasteiger partial charge in [-0.15, -0.1) is 0 Å². The Morgan fingerprint density at radius 1 is 0.553 bits per heavy atom. The van der Waals surface area contributed by atoms with Crippen molar-refractivity contribution in [3.8, 4) is 11.1 Å². The molecule has 0 aliphatic heterocycles. The minimum Gasteiger partial charge on any atom is -0.457 e. The van der Waals surface area contributed by atoms with E-state index in [4.69, 9.17) is 9.47 Å². The molecule has 0 saturated carbocycles. The van der Waals surface area contributed by atoms with Gasteiger partial charge >= 0.3 is 11.9 Å². The number of rotatable bonds is 6. The zero-order chi connectivity index (χ0) is 34.3. The summed E-state index contributed by atoms with van der Waals surface area (Å²) in [7, 11) is 0. The molecule has 1 aliphatic rings. The molecule has 0 amide bonds. The predicted octanol–water partition coefficient (Wildman–Crippen LogP) is 9.99. The number of fused-ring (bicyclic) bond motifs is 3. The molecule has 0 saturated heterocycles. The summed E-state index contributed by atoms with van der Waals surface area (Å²) in [6.07, 6.45) is 6.69. The van der Waals surface area contributed by atoms with Crippen molar-refractivity contribution in [2.75, 3.05) is 0 Å². The van der Waals surface area contributed by atoms with E-state index in [9.17, 15) is 9.59 Å². The monoisotopic (exact) mass is 626 g/mol. The van der Waals surface area contributed by atoms with Crippen LogP contribution in [0.3, 0.4) is 0 Å². The van der Waals surface area contributed by atoms with E-state index >= 15 is 0 Å². The first-order valence-electron chi connectivity index (χ1n) is 16.3. The normalized spacial score (nSPS) is 13.9. The molecule has 0 fully saturated rings. The van der Waals surface area contributed by atoms with Crippen molar-refractivity contribution >= 4 is 24.1 Å². The summed E-state index contributed by atoms with van der Waals surface area (Å²) in [4.78, 5) is 25.0. The summed E-state index contributed by atoms with van der Waals surface area (Å²) in [6.45, 7) is 19.9. The first-order chi connectivity index (χ1) is 22.0. The minimum absolute atomic E-state index is 0.362. The third-order valence-corrected chi connectivity index (χ3v) is 8.45. The predicted molar refractivity (Wildman–Crippen MR) is 192 cm³/mol. The molecule has 5 rings (SSSR count). The van der Waals surface area contributed by atoms with Gasteiger partial charge in [-0.3, -0.25) is 0 Å². The summed E-state index contributed by atoms with van der Waals surface area (Å²) in [6, 6.07) is 26.1. The Bertz CT molecular complexity index is 1740. The van der Waals surface area contributed by atoms with Crippen LogP contribution in [0.5, 0.6) is 0 Å². The maximum Gasteiger partial charge on any atom is 0.331 e. The van der Waals surface area contributed by atoms with Gasteiger partial charge in [0.05, 0.1) is 5.41 Å². The van der Waals surface area contributed by atoms with Crippen molar-refractivity contribution in [1.29, 1.82) is 0 Å². The lowest BCUT2D eigenvalue weighted by Gasteiger charge is -2.39. The van der Waals surface area contributed by atoms with Crippen molar-refractivity contribution in [2.45, 2.75) is 85.9 Å². The lowest BCUT2D eigenvalue weighted by Crippen LogP contribution is -2.32. The average molecular weight is 627 g/mol. The zero-order valence-corrected chi connectivity index (χ0v) is 29.4. The van der Waals surface area contributed by atoms with E-state index in [1.165, 1.54) is 45.5 Å². The van der Waals surface area contributed by atoms with Crippen molar-refractivity contribution in [3.63, 3.8) is 0 Å². The molecule has 4 aromatic carbocycles. The molecule has 0 spiro atoms. The molecule has 0 N–H and O–H groups in total. The van der Waals surface area contributed by atoms with E-state index in [0.717, 1.165) is 33.4 Å². The number of hydrogen-bond donors (Lipinski definition) is 0. The highest BCUT2D eigenvalue weighted by molar-refractivity contribution is 5.90. The fraction of sp³-hybridized carbons (Fsp3) is 0.302. The number of aryl methyl sites for hydroxylation is 4. The Balaban J connectivity index is 1.73. The second-order valence-corrected chi connectivity index (χ2v) is 14.6. The number of hydrogen-bond acceptors (Lipinski definition) is 4. The van der Waals surface area contributed by atoms with Gasteiger partial charge in [0.25, 0.3) is 0 Å². The van der Waals surface area contributed by atoms with Crippen molar-refractivity contribution in [3.05, 3.63) is 141 Å². The molecule has 0 aromatic heterocycles. The molecule has 0 unspecified atom stereocenters. The molecule has 0 atom stereocenters. The van der Waals surface area contributed by atoms with Crippen molar-refractivity contribution in [1.82, 2.24) is 0 Å². The SMILES string of the molecule is Cc1cc(C=CC(=O)OC(C)(C)C)cc(C)c1C1(c2c(C)cc(C=CC(=O)OC(C)(C)C)cc2C)c2ccccc2-c2ccccc21. The smallest absolute Gasteiger partial charge is 0.331 e. The number of carbonyl (C=O) groups is 2. The Morgan fingerprint density at radius 3 is 1.19 bits per heavy atom. The maximum absolute atomic E-state index is 12.5. The van der Waals surface area contributed by atoms with Crippen LogP contribution in [0.2, 0.25) is 0 Å². The van der Waals surface area contributed by atoms with Crippen LogP contribution in [-0.2, 0) is 24.5 Å². The highest BCUT2D eigenvalue weighted by atomic mass is 16.6. The van der Waals surface area contributed by atoms with E-state index in [0.29, 0.717) is 0 Å². The molecule has 47 heavy (non-hydrogen) atoms. The Morgan fingerprint density at radius 2 is 0.872 bits per heavy atom. The van der Waals surface area contributed by atoms with Crippen LogP contribution in [0.1, 0.15) is 97.2 Å². The minimum atomic E-state index is -0.587. The van der Waals surface area contributed by atoms with Crippen molar-refractivity contribution in [2.24, 2.45) is 0 Å². The molecule has 1 aliphatic carbocycles. The van der Waals surface area contributed by atoms with Crippen LogP contribution in [0, 0.1) is 27.7 Å². The summed E-state index contributed by atoms with van der Waals surface area (Å²) in [5.74, 6) is -0.724. The van der Waals surface area contributed by atoms with Gasteiger partial charge in [-0.25, -0.2) is 9.59 Å². The summed E-state index contributed by atoms with van der Waals surface area (Å²) >= 11 is 0. The number of benzene rings is 4. The zero-order valence-electron chi connectivity index (χ0n) is 29.4. The van der Waals surface area contributed by atoms with Crippen molar-refractivity contribution < 1.29 is 19.1 Å². The number of esters is 2. The first-order valence-corrected chi connectivity index (χ1v) is 16.3. The summed E-state index contributed by atoms with van der Waals surface area (Å²) < 4.78 is 11.0. The number of ether oxygens (including phenoxy) is 2. The molecule has 0 bridgehead atoms. The second-order valence-electron chi connectivity index (χ2n) is 14.6. The molecule has 4 nitrogen and oxygen atoms in total. The van der Waals surface area contributed by atoms with Crippen LogP contribution in [0.25, 0.3) is 23.3 Å². The molecule has 0 radical (unpaired) electrons. The quantitative estimate of drug-likeness (QED) is 0.139. The highest BCUT2D eigenvalue weighted by Gasteiger charge is 2.48. The topological polar surface area (TPSA) is 52.6 Å². The standard InChI is InChI=1S/C43H46O4/c1-27-23-31(19-21-37(44)46-41(5,6)7)24-28(2)39(27)43(35-17-13-11-15-33(35)34-16-12-14-18-36(34)43)40-29(3)25-32(26-30(40)4)20-22-38(45)47-42(8,9)10/h11-26H,1-10H3. The number of carbonyl (C=O) groups excluding carboxylic acids is 2.